The van der Waals surface area contributed by atoms with Crippen LogP contribution < -0.4 is 10.2 Å². The lowest BCUT2D eigenvalue weighted by molar-refractivity contribution is 0.0837. The lowest BCUT2D eigenvalue weighted by Gasteiger charge is -2.29. The Morgan fingerprint density at radius 2 is 1.16 bits per heavy atom. The molecular weight excluding hydrogens is 470 g/mol. The molecule has 0 unspecified atom stereocenters. The molecule has 3 heterocycles. The number of carbonyl (C=O) groups excluding carboxylic acids is 4. The summed E-state index contributed by atoms with van der Waals surface area (Å²) < 4.78 is 0. The second kappa shape index (κ2) is 7.53. The van der Waals surface area contributed by atoms with Crippen LogP contribution in [-0.4, -0.2) is 38.8 Å². The molecule has 7 rings (SSSR count). The first kappa shape index (κ1) is 20.9. The summed E-state index contributed by atoms with van der Waals surface area (Å²) in [6.45, 7) is 0. The summed E-state index contributed by atoms with van der Waals surface area (Å²) in [4.78, 5) is 57.4. The molecule has 37 heavy (non-hydrogen) atoms. The van der Waals surface area contributed by atoms with Gasteiger partial charge in [-0.05, 0) is 48.5 Å². The van der Waals surface area contributed by atoms with Crippen molar-refractivity contribution in [3.63, 3.8) is 0 Å². The lowest BCUT2D eigenvalue weighted by Crippen LogP contribution is -2.42. The molecule has 0 radical (unpaired) electrons. The van der Waals surface area contributed by atoms with Gasteiger partial charge in [0, 0.05) is 44.2 Å². The molecule has 9 heteroatoms. The van der Waals surface area contributed by atoms with Crippen molar-refractivity contribution in [2.45, 2.75) is 0 Å². The van der Waals surface area contributed by atoms with Crippen LogP contribution in [0.25, 0.3) is 33.5 Å². The van der Waals surface area contributed by atoms with E-state index in [1.165, 1.54) is 24.3 Å². The molecule has 0 aliphatic carbocycles. The van der Waals surface area contributed by atoms with E-state index in [0.29, 0.717) is 28.1 Å². The number of nitrogens with zero attached hydrogens (tertiary/aromatic N) is 3. The highest BCUT2D eigenvalue weighted by Crippen LogP contribution is 2.37. The lowest BCUT2D eigenvalue weighted by atomic mass is 9.86. The van der Waals surface area contributed by atoms with Crippen molar-refractivity contribution in [3.8, 4) is 22.8 Å². The molecule has 1 aromatic heterocycles. The Kier molecular flexibility index (Phi) is 4.25. The van der Waals surface area contributed by atoms with Crippen LogP contribution >= 0.6 is 0 Å². The predicted molar refractivity (Wildman–Crippen MR) is 134 cm³/mol. The molecule has 2 N–H and O–H groups in total. The van der Waals surface area contributed by atoms with Gasteiger partial charge in [-0.25, -0.2) is 9.88 Å². The summed E-state index contributed by atoms with van der Waals surface area (Å²) in [6.07, 6.45) is 0. The molecule has 4 amide bonds. The summed E-state index contributed by atoms with van der Waals surface area (Å²) >= 11 is 0. The number of H-pyrrole nitrogens is 1. The van der Waals surface area contributed by atoms with Gasteiger partial charge in [0.2, 0.25) is 0 Å². The Bertz CT molecular complexity index is 1750. The first-order valence-electron chi connectivity index (χ1n) is 11.4. The smallest absolute Gasteiger partial charge is 0.265 e. The Morgan fingerprint density at radius 3 is 1.78 bits per heavy atom. The Hall–Kier alpha value is -5.44. The maximum atomic E-state index is 13.5. The van der Waals surface area contributed by atoms with Crippen molar-refractivity contribution < 1.29 is 19.2 Å². The monoisotopic (exact) mass is 485 g/mol. The Labute approximate surface area is 208 Å². The van der Waals surface area contributed by atoms with Crippen molar-refractivity contribution in [1.29, 1.82) is 0 Å². The van der Waals surface area contributed by atoms with Gasteiger partial charge in [0.25, 0.3) is 23.6 Å². The molecule has 2 aliphatic rings. The molecule has 9 nitrogen and oxygen atoms in total. The highest BCUT2D eigenvalue weighted by atomic mass is 16.2. The molecule has 0 spiro atoms. The van der Waals surface area contributed by atoms with Gasteiger partial charge in [-0.1, -0.05) is 30.3 Å². The maximum Gasteiger partial charge on any atom is 0.265 e. The predicted octanol–water partition coefficient (Wildman–Crippen LogP) is 3.98. The minimum absolute atomic E-state index is 0.254. The summed E-state index contributed by atoms with van der Waals surface area (Å²) in [5.41, 5.74) is 3.03. The van der Waals surface area contributed by atoms with Gasteiger partial charge in [-0.2, -0.15) is 5.10 Å². The fourth-order valence-electron chi connectivity index (χ4n) is 4.91. The number of amides is 4. The normalized spacial score (nSPS) is 14.3. The number of aromatic nitrogens is 3. The van der Waals surface area contributed by atoms with E-state index in [0.717, 1.165) is 16.0 Å². The quantitative estimate of drug-likeness (QED) is 0.373. The maximum absolute atomic E-state index is 13.5. The molecule has 0 bridgehead atoms. The van der Waals surface area contributed by atoms with Crippen molar-refractivity contribution >= 4 is 40.1 Å². The number of aromatic amines is 1. The molecule has 2 aliphatic heterocycles. The van der Waals surface area contributed by atoms with Crippen LogP contribution in [0, 0.1) is 0 Å². The summed E-state index contributed by atoms with van der Waals surface area (Å²) in [5, 5.41) is 10.1. The number of hydrogen-bond donors (Lipinski definition) is 2. The van der Waals surface area contributed by atoms with E-state index in [2.05, 4.69) is 20.5 Å². The number of rotatable bonds is 3. The van der Waals surface area contributed by atoms with Gasteiger partial charge in [-0.15, -0.1) is 0 Å². The fraction of sp³-hybridized carbons (Fsp3) is 0. The van der Waals surface area contributed by atoms with Crippen LogP contribution in [0.4, 0.5) is 5.69 Å². The second-order valence-electron chi connectivity index (χ2n) is 8.72. The van der Waals surface area contributed by atoms with Crippen LogP contribution in [0.2, 0.25) is 0 Å². The second-order valence-corrected chi connectivity index (χ2v) is 8.72. The number of hydrogen-bond acceptors (Lipinski definition) is 6. The van der Waals surface area contributed by atoms with Gasteiger partial charge in [0.05, 0.1) is 5.69 Å². The van der Waals surface area contributed by atoms with Gasteiger partial charge >= 0.3 is 0 Å². The summed E-state index contributed by atoms with van der Waals surface area (Å²) in [5.74, 6) is -1.06. The third kappa shape index (κ3) is 2.97. The summed E-state index contributed by atoms with van der Waals surface area (Å²) in [7, 11) is 0. The number of nitrogens with one attached hydrogen (secondary N) is 2. The first-order chi connectivity index (χ1) is 18.0. The number of anilines is 1. The Morgan fingerprint density at radius 1 is 0.595 bits per heavy atom. The molecule has 0 saturated heterocycles. The van der Waals surface area contributed by atoms with Gasteiger partial charge in [-0.3, -0.25) is 29.6 Å². The number of carbonyl (C=O) groups is 4. The topological polar surface area (TPSA) is 125 Å². The molecular formula is C28H15N5O4. The zero-order valence-electron chi connectivity index (χ0n) is 19.0. The highest BCUT2D eigenvalue weighted by Gasteiger charge is 2.37. The molecule has 5 aromatic rings. The minimum atomic E-state index is -0.554. The van der Waals surface area contributed by atoms with Gasteiger partial charge in [0.1, 0.15) is 0 Å². The molecule has 0 fully saturated rings. The first-order valence-corrected chi connectivity index (χ1v) is 11.4. The Balaban J connectivity index is 1.27. The van der Waals surface area contributed by atoms with Crippen LogP contribution in [0.15, 0.2) is 78.9 Å². The summed E-state index contributed by atoms with van der Waals surface area (Å²) in [6, 6.07) is 22.5. The van der Waals surface area contributed by atoms with Crippen LogP contribution in [0.5, 0.6) is 0 Å². The van der Waals surface area contributed by atoms with Crippen LogP contribution in [-0.2, 0) is 0 Å². The molecule has 176 valence electrons. The van der Waals surface area contributed by atoms with E-state index in [1.54, 1.807) is 24.3 Å². The van der Waals surface area contributed by atoms with Crippen LogP contribution in [0.3, 0.4) is 0 Å². The average molecular weight is 485 g/mol. The largest absolute Gasteiger partial charge is 0.288 e. The van der Waals surface area contributed by atoms with E-state index in [9.17, 15) is 19.2 Å². The van der Waals surface area contributed by atoms with Crippen molar-refractivity contribution in [3.05, 3.63) is 101 Å². The molecule has 0 atom stereocenters. The fourth-order valence-corrected chi connectivity index (χ4v) is 4.91. The zero-order chi connectivity index (χ0) is 25.3. The van der Waals surface area contributed by atoms with Crippen molar-refractivity contribution in [2.24, 2.45) is 0 Å². The minimum Gasteiger partial charge on any atom is -0.288 e. The standard InChI is InChI=1S/C28H15N5O4/c34-25-17-10-12-19-22-20(13-11-18(21(17)22)26(35)30-25)28(37)33(27(19)36)16-8-6-15(7-9-16)24-29-23(31-32-24)14-4-2-1-3-5-14/h1-13H,(H,29,31,32)(H,30,34,35). The van der Waals surface area contributed by atoms with E-state index in [-0.39, 0.29) is 22.3 Å². The molecule has 4 aromatic carbocycles. The third-order valence-electron chi connectivity index (χ3n) is 6.66. The number of imide groups is 2. The SMILES string of the molecule is O=C1NC(=O)c2ccc3c4c(ccc1c24)C(=O)N(c1ccc(-c2nc(-c4ccccc4)n[nH]2)cc1)C3=O. The third-order valence-corrected chi connectivity index (χ3v) is 6.66. The van der Waals surface area contributed by atoms with Crippen molar-refractivity contribution in [1.82, 2.24) is 20.5 Å². The van der Waals surface area contributed by atoms with Crippen LogP contribution in [0.1, 0.15) is 41.4 Å². The van der Waals surface area contributed by atoms with E-state index in [4.69, 9.17) is 0 Å². The van der Waals surface area contributed by atoms with Gasteiger partial charge < -0.3 is 0 Å². The molecule has 0 saturated carbocycles. The average Bonchev–Trinajstić information content (AvgIpc) is 3.42. The zero-order valence-corrected chi connectivity index (χ0v) is 19.0. The van der Waals surface area contributed by atoms with E-state index >= 15 is 0 Å². The van der Waals surface area contributed by atoms with E-state index < -0.39 is 23.6 Å². The van der Waals surface area contributed by atoms with Crippen molar-refractivity contribution in [2.75, 3.05) is 4.90 Å². The highest BCUT2D eigenvalue weighted by molar-refractivity contribution is 6.39. The van der Waals surface area contributed by atoms with Gasteiger partial charge in [0.15, 0.2) is 11.6 Å². The van der Waals surface area contributed by atoms with E-state index in [1.807, 2.05) is 30.3 Å². The number of benzene rings is 4.